The third-order valence-electron chi connectivity index (χ3n) is 7.34. The van der Waals surface area contributed by atoms with Crippen LogP contribution in [0.15, 0.2) is 91.0 Å². The zero-order chi connectivity index (χ0) is 30.7. The van der Waals surface area contributed by atoms with E-state index in [4.69, 9.17) is 65.4 Å². The second-order valence-electron chi connectivity index (χ2n) is 10.7. The fourth-order valence-corrected chi connectivity index (χ4v) is 6.45. The molecule has 1 heterocycles. The van der Waals surface area contributed by atoms with E-state index in [1.54, 1.807) is 12.1 Å². The van der Waals surface area contributed by atoms with Crippen LogP contribution in [0.1, 0.15) is 34.6 Å². The first kappa shape index (κ1) is 33.1. The Kier molecular flexibility index (Phi) is 12.6. The molecule has 4 aromatic rings. The van der Waals surface area contributed by atoms with E-state index in [1.165, 1.54) is 5.56 Å². The Morgan fingerprint density at radius 1 is 0.591 bits per heavy atom. The van der Waals surface area contributed by atoms with Crippen LogP contribution in [-0.4, -0.2) is 38.5 Å². The van der Waals surface area contributed by atoms with Gasteiger partial charge in [-0.3, -0.25) is 0 Å². The Bertz CT molecular complexity index is 1370. The molecule has 1 N–H and O–H groups in total. The van der Waals surface area contributed by atoms with Gasteiger partial charge in [-0.05, 0) is 70.8 Å². The Hall–Kier alpha value is -2.32. The fraction of sp³-hybridized carbons (Fsp3) is 0.314. The summed E-state index contributed by atoms with van der Waals surface area (Å²) in [5, 5.41) is 5.79. The molecule has 1 aliphatic heterocycles. The molecular weight excluding hydrogens is 640 g/mol. The van der Waals surface area contributed by atoms with Gasteiger partial charge in [0.2, 0.25) is 0 Å². The highest BCUT2D eigenvalue weighted by atomic mass is 35.5. The van der Waals surface area contributed by atoms with Crippen molar-refractivity contribution in [2.45, 2.75) is 44.4 Å². The lowest BCUT2D eigenvalue weighted by Gasteiger charge is -2.39. The molecule has 0 aromatic heterocycles. The largest absolute Gasteiger partial charge is 0.494 e. The lowest BCUT2D eigenvalue weighted by molar-refractivity contribution is -0.0650. The minimum absolute atomic E-state index is 0.0407. The van der Waals surface area contributed by atoms with Crippen molar-refractivity contribution in [3.8, 4) is 5.75 Å². The molecule has 0 unspecified atom stereocenters. The maximum absolute atomic E-state index is 6.48. The van der Waals surface area contributed by atoms with Crippen LogP contribution in [0.3, 0.4) is 0 Å². The summed E-state index contributed by atoms with van der Waals surface area (Å²) in [4.78, 5) is 0. The molecule has 3 atom stereocenters. The smallest absolute Gasteiger partial charge is 0.119 e. The number of benzene rings is 4. The molecular formula is C35H35Cl4NO4. The van der Waals surface area contributed by atoms with E-state index in [9.17, 15) is 0 Å². The van der Waals surface area contributed by atoms with E-state index in [1.807, 2.05) is 54.6 Å². The van der Waals surface area contributed by atoms with Crippen molar-refractivity contribution < 1.29 is 18.9 Å². The minimum atomic E-state index is -0.164. The van der Waals surface area contributed by atoms with Gasteiger partial charge in [0.15, 0.2) is 0 Å². The first-order valence-electron chi connectivity index (χ1n) is 14.6. The van der Waals surface area contributed by atoms with Gasteiger partial charge in [0.05, 0.1) is 45.2 Å². The topological polar surface area (TPSA) is 49.0 Å². The average Bonchev–Trinajstić information content (AvgIpc) is 3.01. The third kappa shape index (κ3) is 10.1. The normalized spacial score (nSPS) is 18.3. The number of piperidine rings is 1. The highest BCUT2D eigenvalue weighted by Gasteiger charge is 2.36. The van der Waals surface area contributed by atoms with Crippen molar-refractivity contribution in [3.63, 3.8) is 0 Å². The molecule has 232 valence electrons. The van der Waals surface area contributed by atoms with E-state index >= 15 is 0 Å². The predicted octanol–water partition coefficient (Wildman–Crippen LogP) is 9.14. The number of rotatable bonds is 14. The molecule has 5 rings (SSSR count). The maximum Gasteiger partial charge on any atom is 0.119 e. The summed E-state index contributed by atoms with van der Waals surface area (Å²) in [6.07, 6.45) is 0.474. The molecule has 44 heavy (non-hydrogen) atoms. The van der Waals surface area contributed by atoms with Crippen molar-refractivity contribution in [2.24, 2.45) is 0 Å². The molecule has 1 fully saturated rings. The van der Waals surface area contributed by atoms with Crippen LogP contribution in [0, 0.1) is 0 Å². The molecule has 0 spiro atoms. The molecule has 0 amide bonds. The quantitative estimate of drug-likeness (QED) is 0.135. The molecule has 5 nitrogen and oxygen atoms in total. The fourth-order valence-electron chi connectivity index (χ4n) is 5.31. The minimum Gasteiger partial charge on any atom is -0.494 e. The van der Waals surface area contributed by atoms with Gasteiger partial charge in [-0.25, -0.2) is 0 Å². The van der Waals surface area contributed by atoms with E-state index in [2.05, 4.69) is 29.6 Å². The number of hydrogen-bond acceptors (Lipinski definition) is 5. The Balaban J connectivity index is 1.22. The second kappa shape index (κ2) is 16.8. The number of halogens is 4. The van der Waals surface area contributed by atoms with Crippen LogP contribution in [-0.2, 0) is 34.0 Å². The van der Waals surface area contributed by atoms with Crippen LogP contribution in [0.25, 0.3) is 0 Å². The average molecular weight is 675 g/mol. The maximum atomic E-state index is 6.48. The first-order valence-corrected chi connectivity index (χ1v) is 16.1. The van der Waals surface area contributed by atoms with Crippen molar-refractivity contribution in [1.29, 1.82) is 0 Å². The predicted molar refractivity (Wildman–Crippen MR) is 178 cm³/mol. The summed E-state index contributed by atoms with van der Waals surface area (Å²) in [6, 6.07) is 29.3. The van der Waals surface area contributed by atoms with Gasteiger partial charge in [0, 0.05) is 45.5 Å². The van der Waals surface area contributed by atoms with Crippen LogP contribution in [0.4, 0.5) is 0 Å². The van der Waals surface area contributed by atoms with E-state index in [-0.39, 0.29) is 18.1 Å². The van der Waals surface area contributed by atoms with Crippen LogP contribution >= 0.6 is 46.4 Å². The molecule has 0 aliphatic carbocycles. The number of hydrogen-bond donors (Lipinski definition) is 1. The molecule has 0 bridgehead atoms. The van der Waals surface area contributed by atoms with Gasteiger partial charge >= 0.3 is 0 Å². The van der Waals surface area contributed by atoms with Crippen molar-refractivity contribution in [3.05, 3.63) is 133 Å². The zero-order valence-corrected chi connectivity index (χ0v) is 27.2. The van der Waals surface area contributed by atoms with Crippen molar-refractivity contribution >= 4 is 46.4 Å². The SMILES string of the molecule is Clc1cc(Cl)cc(CO[C@H]2CNC[C@@H](OCc3cc(Cl)cc(Cl)c3)[C@H]2c2ccc(OCCCOCc3ccccc3)cc2)c1. The summed E-state index contributed by atoms with van der Waals surface area (Å²) in [5.74, 6) is 0.767. The van der Waals surface area contributed by atoms with Crippen molar-refractivity contribution in [1.82, 2.24) is 5.32 Å². The highest BCUT2D eigenvalue weighted by Crippen LogP contribution is 2.33. The Morgan fingerprint density at radius 2 is 1.14 bits per heavy atom. The van der Waals surface area contributed by atoms with Crippen molar-refractivity contribution in [2.75, 3.05) is 26.3 Å². The van der Waals surface area contributed by atoms with Crippen LogP contribution < -0.4 is 10.1 Å². The lowest BCUT2D eigenvalue weighted by Crippen LogP contribution is -2.50. The van der Waals surface area contributed by atoms with Gasteiger partial charge in [-0.15, -0.1) is 0 Å². The summed E-state index contributed by atoms with van der Waals surface area (Å²) in [5.41, 5.74) is 4.09. The molecule has 4 aromatic carbocycles. The number of nitrogens with one attached hydrogen (secondary N) is 1. The zero-order valence-electron chi connectivity index (χ0n) is 24.2. The molecule has 0 radical (unpaired) electrons. The molecule has 1 aliphatic rings. The monoisotopic (exact) mass is 673 g/mol. The summed E-state index contributed by atoms with van der Waals surface area (Å²) >= 11 is 24.9. The highest BCUT2D eigenvalue weighted by molar-refractivity contribution is 6.35. The second-order valence-corrected chi connectivity index (χ2v) is 12.5. The summed E-state index contributed by atoms with van der Waals surface area (Å²) in [6.45, 7) is 3.89. The van der Waals surface area contributed by atoms with Gasteiger partial charge < -0.3 is 24.3 Å². The number of ether oxygens (including phenoxy) is 4. The summed E-state index contributed by atoms with van der Waals surface area (Å²) in [7, 11) is 0. The molecule has 1 saturated heterocycles. The third-order valence-corrected chi connectivity index (χ3v) is 8.22. The van der Waals surface area contributed by atoms with Gasteiger partial charge in [-0.2, -0.15) is 0 Å². The van der Waals surface area contributed by atoms with Gasteiger partial charge in [-0.1, -0.05) is 88.9 Å². The van der Waals surface area contributed by atoms with Crippen LogP contribution in [0.2, 0.25) is 20.1 Å². The molecule has 9 heteroatoms. The molecule has 0 saturated carbocycles. The first-order chi connectivity index (χ1) is 21.4. The van der Waals surface area contributed by atoms with Gasteiger partial charge in [0.1, 0.15) is 5.75 Å². The van der Waals surface area contributed by atoms with Gasteiger partial charge in [0.25, 0.3) is 0 Å². The Labute approximate surface area is 279 Å². The standard InChI is InChI=1S/C35H35Cl4NO4/c36-28-13-25(14-29(37)17-28)22-43-33-19-40-20-34(44-23-26-15-30(38)18-31(39)16-26)35(33)27-7-9-32(10-8-27)42-12-4-11-41-21-24-5-2-1-3-6-24/h1-3,5-10,13-18,33-35,40H,4,11-12,19-23H2/t33-,34+,35-. The Morgan fingerprint density at radius 3 is 1.68 bits per heavy atom. The van der Waals surface area contributed by atoms with Crippen LogP contribution in [0.5, 0.6) is 5.75 Å². The lowest BCUT2D eigenvalue weighted by atomic mass is 9.85. The van der Waals surface area contributed by atoms with E-state index < -0.39 is 0 Å². The summed E-state index contributed by atoms with van der Waals surface area (Å²) < 4.78 is 24.7. The van der Waals surface area contributed by atoms with E-state index in [0.717, 1.165) is 28.9 Å². The van der Waals surface area contributed by atoms with E-state index in [0.29, 0.717) is 66.2 Å².